The minimum absolute atomic E-state index is 0.0283. The average Bonchev–Trinajstić information content (AvgIpc) is 2.82. The average molecular weight is 277 g/mol. The van der Waals surface area contributed by atoms with Crippen molar-refractivity contribution in [3.63, 3.8) is 0 Å². The van der Waals surface area contributed by atoms with Crippen molar-refractivity contribution in [2.45, 2.75) is 12.6 Å². The molecule has 0 bridgehead atoms. The molecule has 1 unspecified atom stereocenters. The van der Waals surface area contributed by atoms with Crippen LogP contribution in [0.3, 0.4) is 0 Å². The molecule has 1 aliphatic heterocycles. The van der Waals surface area contributed by atoms with Gasteiger partial charge in [-0.3, -0.25) is 9.67 Å². The molecule has 1 atom stereocenters. The van der Waals surface area contributed by atoms with E-state index in [0.29, 0.717) is 31.1 Å². The molecule has 1 N–H and O–H groups in total. The van der Waals surface area contributed by atoms with E-state index in [-0.39, 0.29) is 6.10 Å². The lowest BCUT2D eigenvalue weighted by molar-refractivity contribution is -0.0935. The highest BCUT2D eigenvalue weighted by atomic mass is 32.1. The maximum Gasteiger partial charge on any atom is 0.195 e. The Labute approximate surface area is 116 Å². The van der Waals surface area contributed by atoms with Gasteiger partial charge < -0.3 is 9.47 Å². The van der Waals surface area contributed by atoms with Crippen LogP contribution in [0.4, 0.5) is 0 Å². The van der Waals surface area contributed by atoms with E-state index in [4.69, 9.17) is 21.7 Å². The van der Waals surface area contributed by atoms with E-state index in [0.717, 1.165) is 11.4 Å². The lowest BCUT2D eigenvalue weighted by atomic mass is 10.2. The summed E-state index contributed by atoms with van der Waals surface area (Å²) in [4.78, 5) is 0. The molecule has 0 aliphatic carbocycles. The van der Waals surface area contributed by atoms with E-state index >= 15 is 0 Å². The third-order valence-electron chi connectivity index (χ3n) is 3.06. The van der Waals surface area contributed by atoms with Crippen molar-refractivity contribution < 1.29 is 9.47 Å². The minimum atomic E-state index is 0.0283. The molecular weight excluding hydrogens is 262 g/mol. The molecule has 0 radical (unpaired) electrons. The summed E-state index contributed by atoms with van der Waals surface area (Å²) >= 11 is 5.29. The van der Waals surface area contributed by atoms with Crippen molar-refractivity contribution in [2.24, 2.45) is 0 Å². The highest BCUT2D eigenvalue weighted by Gasteiger charge is 2.18. The van der Waals surface area contributed by atoms with Gasteiger partial charge in [-0.2, -0.15) is 5.10 Å². The highest BCUT2D eigenvalue weighted by molar-refractivity contribution is 7.71. The van der Waals surface area contributed by atoms with E-state index < -0.39 is 0 Å². The predicted octanol–water partition coefficient (Wildman–Crippen LogP) is 2.02. The lowest BCUT2D eigenvalue weighted by Crippen LogP contribution is -2.32. The Balaban J connectivity index is 1.88. The van der Waals surface area contributed by atoms with Crippen LogP contribution in [0.1, 0.15) is 0 Å². The standard InChI is InChI=1S/C13H15N3O2S/c19-13-15-14-12(10-4-2-1-3-5-10)16(13)8-11-9-17-6-7-18-11/h1-5,11H,6-9H2,(H,15,19). The summed E-state index contributed by atoms with van der Waals surface area (Å²) in [5.41, 5.74) is 1.03. The molecule has 1 aromatic heterocycles. The Morgan fingerprint density at radius 2 is 2.16 bits per heavy atom. The van der Waals surface area contributed by atoms with Crippen LogP contribution in [0, 0.1) is 4.77 Å². The summed E-state index contributed by atoms with van der Waals surface area (Å²) in [5.74, 6) is 0.833. The van der Waals surface area contributed by atoms with Gasteiger partial charge in [-0.15, -0.1) is 0 Å². The largest absolute Gasteiger partial charge is 0.376 e. The van der Waals surface area contributed by atoms with E-state index in [1.807, 2.05) is 34.9 Å². The van der Waals surface area contributed by atoms with Crippen molar-refractivity contribution >= 4 is 12.2 Å². The van der Waals surface area contributed by atoms with Crippen LogP contribution in [0.2, 0.25) is 0 Å². The zero-order valence-electron chi connectivity index (χ0n) is 10.4. The van der Waals surface area contributed by atoms with Crippen molar-refractivity contribution in [3.05, 3.63) is 35.1 Å². The van der Waals surface area contributed by atoms with Crippen molar-refractivity contribution in [2.75, 3.05) is 19.8 Å². The van der Waals surface area contributed by atoms with Gasteiger partial charge in [0.2, 0.25) is 0 Å². The predicted molar refractivity (Wildman–Crippen MR) is 73.4 cm³/mol. The number of rotatable bonds is 3. The van der Waals surface area contributed by atoms with Gasteiger partial charge in [0.25, 0.3) is 0 Å². The molecule has 2 aromatic rings. The number of aromatic amines is 1. The van der Waals surface area contributed by atoms with Crippen LogP contribution in [0.15, 0.2) is 30.3 Å². The molecule has 1 saturated heterocycles. The second kappa shape index (κ2) is 5.64. The molecule has 100 valence electrons. The summed E-state index contributed by atoms with van der Waals surface area (Å²) < 4.78 is 13.6. The monoisotopic (exact) mass is 277 g/mol. The number of aromatic nitrogens is 3. The molecule has 19 heavy (non-hydrogen) atoms. The fourth-order valence-corrected chi connectivity index (χ4v) is 2.35. The van der Waals surface area contributed by atoms with Crippen LogP contribution < -0.4 is 0 Å². The Morgan fingerprint density at radius 1 is 1.32 bits per heavy atom. The van der Waals surface area contributed by atoms with Gasteiger partial charge in [-0.05, 0) is 12.2 Å². The van der Waals surface area contributed by atoms with Gasteiger partial charge in [0.15, 0.2) is 10.6 Å². The molecule has 0 amide bonds. The maximum absolute atomic E-state index is 5.66. The molecule has 0 saturated carbocycles. The van der Waals surface area contributed by atoms with E-state index in [1.165, 1.54) is 0 Å². The Hall–Kier alpha value is -1.50. The fraction of sp³-hybridized carbons (Fsp3) is 0.385. The Kier molecular flexibility index (Phi) is 3.72. The molecule has 1 fully saturated rings. The first-order valence-electron chi connectivity index (χ1n) is 6.24. The van der Waals surface area contributed by atoms with Gasteiger partial charge in [-0.25, -0.2) is 0 Å². The maximum atomic E-state index is 5.66. The quantitative estimate of drug-likeness (QED) is 0.872. The second-order valence-corrected chi connectivity index (χ2v) is 4.78. The minimum Gasteiger partial charge on any atom is -0.376 e. The SMILES string of the molecule is S=c1[nH]nc(-c2ccccc2)n1CC1COCCO1. The van der Waals surface area contributed by atoms with Crippen LogP contribution in [0.25, 0.3) is 11.4 Å². The molecule has 2 heterocycles. The lowest BCUT2D eigenvalue weighted by Gasteiger charge is -2.23. The second-order valence-electron chi connectivity index (χ2n) is 4.40. The summed E-state index contributed by atoms with van der Waals surface area (Å²) in [5, 5.41) is 7.15. The zero-order chi connectivity index (χ0) is 13.1. The van der Waals surface area contributed by atoms with Crippen molar-refractivity contribution in [1.82, 2.24) is 14.8 Å². The smallest absolute Gasteiger partial charge is 0.195 e. The summed E-state index contributed by atoms with van der Waals surface area (Å²) in [7, 11) is 0. The fourth-order valence-electron chi connectivity index (χ4n) is 2.14. The molecule has 3 rings (SSSR count). The van der Waals surface area contributed by atoms with Gasteiger partial charge in [-0.1, -0.05) is 30.3 Å². The third-order valence-corrected chi connectivity index (χ3v) is 3.37. The molecule has 1 aromatic carbocycles. The number of benzene rings is 1. The summed E-state index contributed by atoms with van der Waals surface area (Å²) in [6.07, 6.45) is 0.0283. The first kappa shape index (κ1) is 12.5. The Morgan fingerprint density at radius 3 is 2.89 bits per heavy atom. The van der Waals surface area contributed by atoms with Crippen LogP contribution >= 0.6 is 12.2 Å². The number of ether oxygens (including phenoxy) is 2. The highest BCUT2D eigenvalue weighted by Crippen LogP contribution is 2.18. The van der Waals surface area contributed by atoms with Gasteiger partial charge in [0.1, 0.15) is 0 Å². The van der Waals surface area contributed by atoms with E-state index in [2.05, 4.69) is 10.2 Å². The van der Waals surface area contributed by atoms with E-state index in [1.54, 1.807) is 0 Å². The molecule has 1 aliphatic rings. The molecule has 0 spiro atoms. The third kappa shape index (κ3) is 2.75. The molecule has 5 nitrogen and oxygen atoms in total. The normalized spacial score (nSPS) is 19.5. The molecular formula is C13H15N3O2S. The first-order valence-corrected chi connectivity index (χ1v) is 6.65. The van der Waals surface area contributed by atoms with Crippen LogP contribution in [-0.4, -0.2) is 40.7 Å². The summed E-state index contributed by atoms with van der Waals surface area (Å²) in [6, 6.07) is 9.97. The van der Waals surface area contributed by atoms with E-state index in [9.17, 15) is 0 Å². The van der Waals surface area contributed by atoms with Gasteiger partial charge in [0.05, 0.1) is 32.5 Å². The van der Waals surface area contributed by atoms with Crippen molar-refractivity contribution in [3.8, 4) is 11.4 Å². The number of H-pyrrole nitrogens is 1. The number of hydrogen-bond donors (Lipinski definition) is 1. The Bertz CT molecular complexity index is 587. The zero-order valence-corrected chi connectivity index (χ0v) is 11.2. The summed E-state index contributed by atoms with van der Waals surface area (Å²) in [6.45, 7) is 2.55. The van der Waals surface area contributed by atoms with Crippen molar-refractivity contribution in [1.29, 1.82) is 0 Å². The first-order chi connectivity index (χ1) is 9.34. The van der Waals surface area contributed by atoms with Gasteiger partial charge >= 0.3 is 0 Å². The number of hydrogen-bond acceptors (Lipinski definition) is 4. The van der Waals surface area contributed by atoms with Crippen LogP contribution in [0.5, 0.6) is 0 Å². The van der Waals surface area contributed by atoms with Gasteiger partial charge in [0, 0.05) is 5.56 Å². The molecule has 6 heteroatoms. The van der Waals surface area contributed by atoms with Crippen LogP contribution in [-0.2, 0) is 16.0 Å². The topological polar surface area (TPSA) is 52.1 Å². The number of nitrogens with zero attached hydrogens (tertiary/aromatic N) is 2. The number of nitrogens with one attached hydrogen (secondary N) is 1.